The summed E-state index contributed by atoms with van der Waals surface area (Å²) >= 11 is 12.5. The fourth-order valence-corrected chi connectivity index (χ4v) is 4.25. The van der Waals surface area contributed by atoms with Gasteiger partial charge in [-0.2, -0.15) is 0 Å². The second kappa shape index (κ2) is 8.88. The van der Waals surface area contributed by atoms with Crippen LogP contribution in [0.5, 0.6) is 0 Å². The van der Waals surface area contributed by atoms with E-state index in [1.807, 2.05) is 18.3 Å². The molecule has 3 aromatic rings. The first kappa shape index (κ1) is 20.4. The number of rotatable bonds is 9. The van der Waals surface area contributed by atoms with Crippen LogP contribution >= 0.6 is 23.2 Å². The topological polar surface area (TPSA) is 33.4 Å². The molecule has 4 nitrogen and oxygen atoms in total. The van der Waals surface area contributed by atoms with Gasteiger partial charge in [0, 0.05) is 36.1 Å². The predicted molar refractivity (Wildman–Crippen MR) is 118 cm³/mol. The molecule has 0 atom stereocenters. The number of fused-ring (bicyclic) bond motifs is 1. The number of hydrogen-bond donors (Lipinski definition) is 0. The number of benzene rings is 1. The Bertz CT molecular complexity index is 1000. The van der Waals surface area contributed by atoms with E-state index in [1.54, 1.807) is 12.3 Å². The summed E-state index contributed by atoms with van der Waals surface area (Å²) < 4.78 is 14.8. The Morgan fingerprint density at radius 1 is 1.24 bits per heavy atom. The lowest BCUT2D eigenvalue weighted by Crippen LogP contribution is -2.29. The van der Waals surface area contributed by atoms with E-state index in [0.717, 1.165) is 60.3 Å². The van der Waals surface area contributed by atoms with Gasteiger partial charge in [-0.05, 0) is 56.2 Å². The van der Waals surface area contributed by atoms with Crippen molar-refractivity contribution < 1.29 is 4.39 Å². The lowest BCUT2D eigenvalue weighted by Gasteiger charge is -2.25. The normalized spacial score (nSPS) is 13.9. The van der Waals surface area contributed by atoms with Crippen molar-refractivity contribution in [3.8, 4) is 11.3 Å². The average molecular weight is 435 g/mol. The van der Waals surface area contributed by atoms with Gasteiger partial charge in [0.2, 0.25) is 0 Å². The Balaban J connectivity index is 1.81. The molecule has 0 spiro atoms. The smallest absolute Gasteiger partial charge is 0.165 e. The van der Waals surface area contributed by atoms with Gasteiger partial charge in [0.1, 0.15) is 11.5 Å². The van der Waals surface area contributed by atoms with E-state index >= 15 is 0 Å². The third-order valence-corrected chi connectivity index (χ3v) is 5.94. The predicted octanol–water partition coefficient (Wildman–Crippen LogP) is 6.23. The van der Waals surface area contributed by atoms with Crippen LogP contribution in [-0.4, -0.2) is 34.1 Å². The van der Waals surface area contributed by atoms with Gasteiger partial charge >= 0.3 is 0 Å². The number of aryl methyl sites for hydroxylation is 1. The van der Waals surface area contributed by atoms with Crippen LogP contribution in [0.1, 0.15) is 38.3 Å². The highest BCUT2D eigenvalue weighted by Crippen LogP contribution is 2.36. The van der Waals surface area contributed by atoms with E-state index in [0.29, 0.717) is 16.5 Å². The van der Waals surface area contributed by atoms with E-state index in [1.165, 1.54) is 12.8 Å². The van der Waals surface area contributed by atoms with Crippen LogP contribution in [-0.2, 0) is 6.42 Å². The average Bonchev–Trinajstić information content (AvgIpc) is 3.44. The molecule has 7 heteroatoms. The number of unbranched alkanes of at least 4 members (excludes halogenated alkanes) is 1. The highest BCUT2D eigenvalue weighted by Gasteiger charge is 2.28. The SMILES string of the molecule is CCc1nc2c(-c3ccc(Cl)cc3Cl)nccn2c1N(CCCCF)CC1CC1. The van der Waals surface area contributed by atoms with Crippen LogP contribution in [0, 0.1) is 5.92 Å². The standard InChI is InChI=1S/C22H25Cl2FN4/c1-2-19-22(28(11-4-3-9-25)14-15-5-6-15)29-12-10-26-20(21(29)27-19)17-8-7-16(23)13-18(17)24/h7-8,10,12-13,15H,2-6,9,11,14H2,1H3. The summed E-state index contributed by atoms with van der Waals surface area (Å²) in [6.45, 7) is 3.67. The monoisotopic (exact) mass is 434 g/mol. The molecule has 4 rings (SSSR count). The molecule has 1 saturated carbocycles. The Labute approximate surface area is 180 Å². The van der Waals surface area contributed by atoms with Crippen molar-refractivity contribution in [2.45, 2.75) is 39.0 Å². The Morgan fingerprint density at radius 3 is 2.76 bits per heavy atom. The molecule has 1 aliphatic rings. The molecule has 0 bridgehead atoms. The lowest BCUT2D eigenvalue weighted by molar-refractivity contribution is 0.460. The first-order chi connectivity index (χ1) is 14.1. The van der Waals surface area contributed by atoms with Crippen LogP contribution in [0.3, 0.4) is 0 Å². The van der Waals surface area contributed by atoms with Gasteiger partial charge in [-0.25, -0.2) is 4.98 Å². The summed E-state index contributed by atoms with van der Waals surface area (Å²) in [5.41, 5.74) is 3.37. The number of aromatic nitrogens is 3. The zero-order chi connectivity index (χ0) is 20.4. The minimum Gasteiger partial charge on any atom is -0.356 e. The van der Waals surface area contributed by atoms with E-state index in [2.05, 4.69) is 21.2 Å². The number of imidazole rings is 1. The summed E-state index contributed by atoms with van der Waals surface area (Å²) in [5, 5.41) is 1.14. The highest BCUT2D eigenvalue weighted by atomic mass is 35.5. The number of halogens is 3. The molecule has 2 aromatic heterocycles. The first-order valence-corrected chi connectivity index (χ1v) is 11.0. The van der Waals surface area contributed by atoms with Crippen molar-refractivity contribution in [2.24, 2.45) is 5.92 Å². The third kappa shape index (κ3) is 4.36. The second-order valence-electron chi connectivity index (χ2n) is 7.61. The van der Waals surface area contributed by atoms with E-state index in [9.17, 15) is 4.39 Å². The molecule has 1 aliphatic carbocycles. The summed E-state index contributed by atoms with van der Waals surface area (Å²) in [5.74, 6) is 1.82. The van der Waals surface area contributed by atoms with Crippen LogP contribution in [0.15, 0.2) is 30.6 Å². The maximum absolute atomic E-state index is 12.7. The number of alkyl halides is 1. The van der Waals surface area contributed by atoms with Gasteiger partial charge < -0.3 is 4.90 Å². The molecule has 2 heterocycles. The molecule has 29 heavy (non-hydrogen) atoms. The fraction of sp³-hybridized carbons (Fsp3) is 0.455. The summed E-state index contributed by atoms with van der Waals surface area (Å²) in [4.78, 5) is 11.9. The van der Waals surface area contributed by atoms with Gasteiger partial charge in [0.25, 0.3) is 0 Å². The van der Waals surface area contributed by atoms with Gasteiger partial charge in [0.05, 0.1) is 17.4 Å². The quantitative estimate of drug-likeness (QED) is 0.374. The molecule has 1 aromatic carbocycles. The Morgan fingerprint density at radius 2 is 2.07 bits per heavy atom. The zero-order valence-electron chi connectivity index (χ0n) is 16.5. The van der Waals surface area contributed by atoms with E-state index < -0.39 is 0 Å². The van der Waals surface area contributed by atoms with Crippen LogP contribution in [0.2, 0.25) is 10.0 Å². The fourth-order valence-electron chi connectivity index (χ4n) is 3.75. The first-order valence-electron chi connectivity index (χ1n) is 10.2. The Kier molecular flexibility index (Phi) is 6.26. The van der Waals surface area contributed by atoms with E-state index in [4.69, 9.17) is 28.2 Å². The van der Waals surface area contributed by atoms with Crippen molar-refractivity contribution in [1.29, 1.82) is 0 Å². The number of hydrogen-bond acceptors (Lipinski definition) is 3. The van der Waals surface area contributed by atoms with Crippen molar-refractivity contribution in [3.63, 3.8) is 0 Å². The van der Waals surface area contributed by atoms with Gasteiger partial charge in [-0.15, -0.1) is 0 Å². The molecule has 0 N–H and O–H groups in total. The van der Waals surface area contributed by atoms with Crippen LogP contribution < -0.4 is 4.90 Å². The molecule has 0 radical (unpaired) electrons. The number of anilines is 1. The Hall–Kier alpha value is -1.85. The second-order valence-corrected chi connectivity index (χ2v) is 8.46. The van der Waals surface area contributed by atoms with Gasteiger partial charge in [0.15, 0.2) is 5.65 Å². The molecule has 0 saturated heterocycles. The molecular formula is C22H25Cl2FN4. The summed E-state index contributed by atoms with van der Waals surface area (Å²) in [6, 6.07) is 5.43. The van der Waals surface area contributed by atoms with E-state index in [-0.39, 0.29) is 6.67 Å². The van der Waals surface area contributed by atoms with Crippen molar-refractivity contribution in [3.05, 3.63) is 46.3 Å². The summed E-state index contributed by atoms with van der Waals surface area (Å²) in [7, 11) is 0. The largest absolute Gasteiger partial charge is 0.356 e. The molecular weight excluding hydrogens is 410 g/mol. The molecule has 0 amide bonds. The maximum atomic E-state index is 12.7. The molecule has 0 aliphatic heterocycles. The highest BCUT2D eigenvalue weighted by molar-refractivity contribution is 6.36. The summed E-state index contributed by atoms with van der Waals surface area (Å²) in [6.07, 6.45) is 8.52. The van der Waals surface area contributed by atoms with Gasteiger partial charge in [-0.3, -0.25) is 13.8 Å². The molecule has 0 unspecified atom stereocenters. The van der Waals surface area contributed by atoms with Crippen LogP contribution in [0.25, 0.3) is 16.9 Å². The maximum Gasteiger partial charge on any atom is 0.165 e. The third-order valence-electron chi connectivity index (χ3n) is 5.39. The minimum atomic E-state index is -0.270. The molecule has 154 valence electrons. The van der Waals surface area contributed by atoms with Gasteiger partial charge in [-0.1, -0.05) is 30.1 Å². The lowest BCUT2D eigenvalue weighted by atomic mass is 10.1. The van der Waals surface area contributed by atoms with Crippen molar-refractivity contribution >= 4 is 34.7 Å². The zero-order valence-corrected chi connectivity index (χ0v) is 18.1. The number of nitrogens with zero attached hydrogens (tertiary/aromatic N) is 4. The molecule has 1 fully saturated rings. The minimum absolute atomic E-state index is 0.270. The van der Waals surface area contributed by atoms with Crippen molar-refractivity contribution in [1.82, 2.24) is 14.4 Å². The van der Waals surface area contributed by atoms with Crippen LogP contribution in [0.4, 0.5) is 10.2 Å². The van der Waals surface area contributed by atoms with Crippen molar-refractivity contribution in [2.75, 3.05) is 24.7 Å².